The number of nitrogens with one attached hydrogen (secondary N) is 1. The summed E-state index contributed by atoms with van der Waals surface area (Å²) >= 11 is 0. The van der Waals surface area contributed by atoms with E-state index < -0.39 is 0 Å². The average molecular weight is 289 g/mol. The summed E-state index contributed by atoms with van der Waals surface area (Å²) in [6.45, 7) is 6.47. The standard InChI is InChI=1S/C16H27N5/c1-3-15-12-20(2)7-4-8-21(15)16-18-10-13(11-19-16)9-17-14-5-6-14/h10-11,14-15,17H,3-9,12H2,1-2H3. The van der Waals surface area contributed by atoms with Gasteiger partial charge in [0, 0.05) is 49.7 Å². The van der Waals surface area contributed by atoms with Crippen LogP contribution in [0.25, 0.3) is 0 Å². The highest BCUT2D eigenvalue weighted by molar-refractivity contribution is 5.32. The summed E-state index contributed by atoms with van der Waals surface area (Å²) in [6, 6.07) is 1.25. The molecule has 1 aliphatic carbocycles. The largest absolute Gasteiger partial charge is 0.337 e. The Morgan fingerprint density at radius 2 is 2.00 bits per heavy atom. The molecule has 1 saturated carbocycles. The van der Waals surface area contributed by atoms with E-state index in [1.54, 1.807) is 0 Å². The van der Waals surface area contributed by atoms with Gasteiger partial charge in [0.25, 0.3) is 0 Å². The minimum Gasteiger partial charge on any atom is -0.337 e. The molecule has 0 aromatic carbocycles. The van der Waals surface area contributed by atoms with Crippen LogP contribution in [-0.4, -0.2) is 53.6 Å². The van der Waals surface area contributed by atoms with Crippen molar-refractivity contribution >= 4 is 5.95 Å². The van der Waals surface area contributed by atoms with Gasteiger partial charge in [-0.15, -0.1) is 0 Å². The van der Waals surface area contributed by atoms with Crippen molar-refractivity contribution in [1.82, 2.24) is 20.2 Å². The van der Waals surface area contributed by atoms with Crippen molar-refractivity contribution in [2.45, 2.75) is 51.2 Å². The molecule has 3 rings (SSSR count). The minimum absolute atomic E-state index is 0.521. The van der Waals surface area contributed by atoms with Gasteiger partial charge < -0.3 is 15.1 Å². The molecule has 2 aliphatic rings. The fourth-order valence-corrected chi connectivity index (χ4v) is 2.99. The number of aromatic nitrogens is 2. The SMILES string of the molecule is CCC1CN(C)CCCN1c1ncc(CNC2CC2)cn1. The minimum atomic E-state index is 0.521. The second kappa shape index (κ2) is 6.71. The van der Waals surface area contributed by atoms with Crippen LogP contribution in [0.1, 0.15) is 38.2 Å². The van der Waals surface area contributed by atoms with E-state index in [0.717, 1.165) is 44.6 Å². The molecule has 1 atom stereocenters. The molecule has 5 nitrogen and oxygen atoms in total. The highest BCUT2D eigenvalue weighted by Gasteiger charge is 2.24. The van der Waals surface area contributed by atoms with Crippen LogP contribution in [0.3, 0.4) is 0 Å². The van der Waals surface area contributed by atoms with Crippen LogP contribution in [0.15, 0.2) is 12.4 Å². The second-order valence-electron chi connectivity index (χ2n) is 6.42. The summed E-state index contributed by atoms with van der Waals surface area (Å²) in [5, 5.41) is 3.51. The third-order valence-electron chi connectivity index (χ3n) is 4.49. The normalized spacial score (nSPS) is 24.1. The van der Waals surface area contributed by atoms with Crippen LogP contribution in [0.5, 0.6) is 0 Å². The van der Waals surface area contributed by atoms with E-state index >= 15 is 0 Å². The summed E-state index contributed by atoms with van der Waals surface area (Å²) in [5.74, 6) is 0.896. The molecule has 0 bridgehead atoms. The Morgan fingerprint density at radius 3 is 2.67 bits per heavy atom. The Morgan fingerprint density at radius 1 is 1.24 bits per heavy atom. The van der Waals surface area contributed by atoms with E-state index in [0.29, 0.717) is 6.04 Å². The molecule has 21 heavy (non-hydrogen) atoms. The smallest absolute Gasteiger partial charge is 0.225 e. The van der Waals surface area contributed by atoms with Crippen molar-refractivity contribution < 1.29 is 0 Å². The molecule has 1 saturated heterocycles. The number of likely N-dealkylation sites (N-methyl/N-ethyl adjacent to an activating group) is 1. The van der Waals surface area contributed by atoms with Crippen LogP contribution in [-0.2, 0) is 6.54 Å². The molecule has 0 amide bonds. The van der Waals surface area contributed by atoms with Gasteiger partial charge in [0.1, 0.15) is 0 Å². The molecule has 5 heteroatoms. The monoisotopic (exact) mass is 289 g/mol. The van der Waals surface area contributed by atoms with Crippen molar-refractivity contribution in [3.63, 3.8) is 0 Å². The molecular formula is C16H27N5. The van der Waals surface area contributed by atoms with E-state index in [1.165, 1.54) is 24.8 Å². The average Bonchev–Trinajstić information content (AvgIpc) is 3.33. The topological polar surface area (TPSA) is 44.3 Å². The maximum absolute atomic E-state index is 4.62. The highest BCUT2D eigenvalue weighted by atomic mass is 15.3. The first-order valence-electron chi connectivity index (χ1n) is 8.25. The van der Waals surface area contributed by atoms with Gasteiger partial charge in [0.05, 0.1) is 0 Å². The van der Waals surface area contributed by atoms with Gasteiger partial charge in [0.15, 0.2) is 0 Å². The predicted molar refractivity (Wildman–Crippen MR) is 85.4 cm³/mol. The van der Waals surface area contributed by atoms with Crippen LogP contribution < -0.4 is 10.2 Å². The first-order valence-corrected chi connectivity index (χ1v) is 8.25. The fraction of sp³-hybridized carbons (Fsp3) is 0.750. The maximum Gasteiger partial charge on any atom is 0.225 e. The summed E-state index contributed by atoms with van der Waals surface area (Å²) in [5.41, 5.74) is 1.19. The molecule has 2 heterocycles. The Hall–Kier alpha value is -1.20. The van der Waals surface area contributed by atoms with Gasteiger partial charge >= 0.3 is 0 Å². The summed E-state index contributed by atoms with van der Waals surface area (Å²) in [6.07, 6.45) is 8.93. The lowest BCUT2D eigenvalue weighted by molar-refractivity contribution is 0.327. The number of rotatable bonds is 5. The van der Waals surface area contributed by atoms with E-state index in [2.05, 4.69) is 39.1 Å². The maximum atomic E-state index is 4.62. The first-order chi connectivity index (χ1) is 10.3. The summed E-state index contributed by atoms with van der Waals surface area (Å²) in [4.78, 5) is 14.1. The predicted octanol–water partition coefficient (Wildman–Crippen LogP) is 1.65. The van der Waals surface area contributed by atoms with E-state index in [1.807, 2.05) is 12.4 Å². The van der Waals surface area contributed by atoms with Crippen molar-refractivity contribution in [2.24, 2.45) is 0 Å². The van der Waals surface area contributed by atoms with E-state index in [-0.39, 0.29) is 0 Å². The third-order valence-corrected chi connectivity index (χ3v) is 4.49. The zero-order valence-electron chi connectivity index (χ0n) is 13.3. The number of hydrogen-bond donors (Lipinski definition) is 1. The van der Waals surface area contributed by atoms with Crippen LogP contribution in [0.4, 0.5) is 5.95 Å². The van der Waals surface area contributed by atoms with Gasteiger partial charge in [-0.2, -0.15) is 0 Å². The number of nitrogens with zero attached hydrogens (tertiary/aromatic N) is 4. The third kappa shape index (κ3) is 3.92. The van der Waals surface area contributed by atoms with Gasteiger partial charge in [-0.05, 0) is 39.3 Å². The molecule has 1 aromatic heterocycles. The van der Waals surface area contributed by atoms with Crippen molar-refractivity contribution in [3.8, 4) is 0 Å². The lowest BCUT2D eigenvalue weighted by Crippen LogP contribution is -2.40. The number of hydrogen-bond acceptors (Lipinski definition) is 5. The van der Waals surface area contributed by atoms with Crippen LogP contribution in [0.2, 0.25) is 0 Å². The first kappa shape index (κ1) is 14.7. The van der Waals surface area contributed by atoms with E-state index in [9.17, 15) is 0 Å². The Labute approximate surface area is 127 Å². The van der Waals surface area contributed by atoms with Gasteiger partial charge in [-0.3, -0.25) is 0 Å². The lowest BCUT2D eigenvalue weighted by Gasteiger charge is -2.30. The summed E-state index contributed by atoms with van der Waals surface area (Å²) in [7, 11) is 2.21. The highest BCUT2D eigenvalue weighted by Crippen LogP contribution is 2.20. The van der Waals surface area contributed by atoms with Crippen molar-refractivity contribution in [3.05, 3.63) is 18.0 Å². The summed E-state index contributed by atoms with van der Waals surface area (Å²) < 4.78 is 0. The van der Waals surface area contributed by atoms with Gasteiger partial charge in [-0.25, -0.2) is 9.97 Å². The molecule has 116 valence electrons. The zero-order valence-corrected chi connectivity index (χ0v) is 13.3. The van der Waals surface area contributed by atoms with Gasteiger partial charge in [0.2, 0.25) is 5.95 Å². The zero-order chi connectivity index (χ0) is 14.7. The Balaban J connectivity index is 1.65. The molecule has 2 fully saturated rings. The van der Waals surface area contributed by atoms with Crippen molar-refractivity contribution in [2.75, 3.05) is 31.6 Å². The Bertz CT molecular complexity index is 442. The van der Waals surface area contributed by atoms with E-state index in [4.69, 9.17) is 0 Å². The molecule has 1 aromatic rings. The quantitative estimate of drug-likeness (QED) is 0.893. The second-order valence-corrected chi connectivity index (χ2v) is 6.42. The van der Waals surface area contributed by atoms with Crippen LogP contribution >= 0.6 is 0 Å². The van der Waals surface area contributed by atoms with Crippen LogP contribution in [0, 0.1) is 0 Å². The lowest BCUT2D eigenvalue weighted by atomic mass is 10.2. The number of anilines is 1. The molecule has 0 spiro atoms. The molecule has 0 radical (unpaired) electrons. The molecule has 1 unspecified atom stereocenters. The molecule has 1 N–H and O–H groups in total. The fourth-order valence-electron chi connectivity index (χ4n) is 2.99. The van der Waals surface area contributed by atoms with Crippen molar-refractivity contribution in [1.29, 1.82) is 0 Å². The molecule has 1 aliphatic heterocycles. The molecular weight excluding hydrogens is 262 g/mol. The Kier molecular flexibility index (Phi) is 4.70. The van der Waals surface area contributed by atoms with Gasteiger partial charge in [-0.1, -0.05) is 6.92 Å².